The fourth-order valence-corrected chi connectivity index (χ4v) is 0.537. The van der Waals surface area contributed by atoms with Crippen LogP contribution in [0.15, 0.2) is 0 Å². The van der Waals surface area contributed by atoms with Crippen molar-refractivity contribution in [1.29, 1.82) is 0 Å². The lowest BCUT2D eigenvalue weighted by Gasteiger charge is -2.05. The van der Waals surface area contributed by atoms with Gasteiger partial charge < -0.3 is 4.74 Å². The molecule has 0 saturated carbocycles. The minimum atomic E-state index is -0.363. The van der Waals surface area contributed by atoms with Gasteiger partial charge in [-0.1, -0.05) is 6.92 Å². The summed E-state index contributed by atoms with van der Waals surface area (Å²) in [4.78, 5) is 9.49. The molecule has 0 spiro atoms. The van der Waals surface area contributed by atoms with E-state index >= 15 is 0 Å². The largest absolute Gasteiger partial charge is 0.375 e. The van der Waals surface area contributed by atoms with Gasteiger partial charge in [-0.05, 0) is 6.42 Å². The van der Waals surface area contributed by atoms with Crippen LogP contribution in [0.3, 0.4) is 0 Å². The van der Waals surface area contributed by atoms with E-state index in [1.165, 1.54) is 7.11 Å². The average molecular weight is 133 g/mol. The second-order valence-corrected chi connectivity index (χ2v) is 1.78. The molecule has 0 aromatic carbocycles. The molecule has 0 N–H and O–H groups in total. The van der Waals surface area contributed by atoms with E-state index in [0.29, 0.717) is 6.42 Å². The quantitative estimate of drug-likeness (QED) is 0.418. The van der Waals surface area contributed by atoms with E-state index in [0.717, 1.165) is 0 Å². The Labute approximate surface area is 54.0 Å². The molecule has 1 atom stereocenters. The molecule has 0 bridgehead atoms. The Morgan fingerprint density at radius 3 is 2.44 bits per heavy atom. The van der Waals surface area contributed by atoms with Crippen molar-refractivity contribution in [3.63, 3.8) is 0 Å². The SMILES string of the molecule is CCC(C[N+](=O)[O-])OC. The minimum absolute atomic E-state index is 0.0903. The van der Waals surface area contributed by atoms with E-state index in [1.54, 1.807) is 0 Å². The number of nitro groups is 1. The molecular weight excluding hydrogens is 122 g/mol. The van der Waals surface area contributed by atoms with Gasteiger partial charge in [-0.3, -0.25) is 10.1 Å². The summed E-state index contributed by atoms with van der Waals surface area (Å²) in [6.07, 6.45) is 0.470. The number of nitrogens with zero attached hydrogens (tertiary/aromatic N) is 1. The predicted octanol–water partition coefficient (Wildman–Crippen LogP) is 0.688. The molecule has 0 aliphatic carbocycles. The third-order valence-electron chi connectivity index (χ3n) is 1.14. The Kier molecular flexibility index (Phi) is 3.96. The van der Waals surface area contributed by atoms with Gasteiger partial charge in [-0.2, -0.15) is 0 Å². The van der Waals surface area contributed by atoms with Gasteiger partial charge in [0.05, 0.1) is 0 Å². The third kappa shape index (κ3) is 3.90. The molecule has 1 unspecified atom stereocenters. The van der Waals surface area contributed by atoms with Crippen LogP contribution in [0.5, 0.6) is 0 Å². The second kappa shape index (κ2) is 4.26. The molecule has 0 saturated heterocycles. The van der Waals surface area contributed by atoms with Crippen molar-refractivity contribution in [1.82, 2.24) is 0 Å². The zero-order valence-electron chi connectivity index (χ0n) is 5.66. The fraction of sp³-hybridized carbons (Fsp3) is 1.00. The third-order valence-corrected chi connectivity index (χ3v) is 1.14. The van der Waals surface area contributed by atoms with Crippen molar-refractivity contribution in [2.75, 3.05) is 13.7 Å². The van der Waals surface area contributed by atoms with Crippen LogP contribution < -0.4 is 0 Å². The van der Waals surface area contributed by atoms with Crippen LogP contribution in [0.1, 0.15) is 13.3 Å². The molecule has 0 radical (unpaired) electrons. The molecule has 0 aromatic heterocycles. The number of hydrogen-bond donors (Lipinski definition) is 0. The highest BCUT2D eigenvalue weighted by Gasteiger charge is 2.10. The highest BCUT2D eigenvalue weighted by Crippen LogP contribution is 1.94. The molecule has 0 fully saturated rings. The van der Waals surface area contributed by atoms with Gasteiger partial charge in [0.2, 0.25) is 6.54 Å². The van der Waals surface area contributed by atoms with E-state index in [4.69, 9.17) is 4.74 Å². The van der Waals surface area contributed by atoms with Crippen molar-refractivity contribution in [3.8, 4) is 0 Å². The van der Waals surface area contributed by atoms with Crippen LogP contribution in [-0.2, 0) is 4.74 Å². The Balaban J connectivity index is 3.43. The van der Waals surface area contributed by atoms with Crippen LogP contribution in [0.4, 0.5) is 0 Å². The minimum Gasteiger partial charge on any atom is -0.375 e. The lowest BCUT2D eigenvalue weighted by atomic mass is 10.3. The first kappa shape index (κ1) is 8.36. The van der Waals surface area contributed by atoms with E-state index in [-0.39, 0.29) is 17.6 Å². The van der Waals surface area contributed by atoms with Gasteiger partial charge >= 0.3 is 0 Å². The Hall–Kier alpha value is -0.640. The summed E-state index contributed by atoms with van der Waals surface area (Å²) in [5, 5.41) is 9.85. The standard InChI is InChI=1S/C5H11NO3/c1-3-5(9-2)4-6(7)8/h5H,3-4H2,1-2H3. The molecule has 0 amide bonds. The molecule has 0 heterocycles. The van der Waals surface area contributed by atoms with Gasteiger partial charge in [0.25, 0.3) is 0 Å². The number of methoxy groups -OCH3 is 1. The summed E-state index contributed by atoms with van der Waals surface area (Å²) < 4.78 is 4.77. The zero-order valence-corrected chi connectivity index (χ0v) is 5.66. The van der Waals surface area contributed by atoms with Crippen molar-refractivity contribution in [3.05, 3.63) is 10.1 Å². The van der Waals surface area contributed by atoms with Gasteiger partial charge in [-0.15, -0.1) is 0 Å². The van der Waals surface area contributed by atoms with Crippen LogP contribution in [0, 0.1) is 10.1 Å². The van der Waals surface area contributed by atoms with Crippen molar-refractivity contribution in [2.24, 2.45) is 0 Å². The average Bonchev–Trinajstić information content (AvgIpc) is 1.82. The summed E-state index contributed by atoms with van der Waals surface area (Å²) in [6.45, 7) is 1.77. The molecule has 0 rings (SSSR count). The molecule has 4 heteroatoms. The molecule has 54 valence electrons. The van der Waals surface area contributed by atoms with Gasteiger partial charge in [0.1, 0.15) is 6.10 Å². The molecule has 0 aliphatic heterocycles. The molecule has 4 nitrogen and oxygen atoms in total. The molecule has 0 aliphatic rings. The maximum Gasteiger partial charge on any atom is 0.229 e. The number of hydrogen-bond acceptors (Lipinski definition) is 3. The first-order valence-corrected chi connectivity index (χ1v) is 2.85. The van der Waals surface area contributed by atoms with Gasteiger partial charge in [0.15, 0.2) is 0 Å². The van der Waals surface area contributed by atoms with Crippen molar-refractivity contribution >= 4 is 0 Å². The summed E-state index contributed by atoms with van der Waals surface area (Å²) in [7, 11) is 1.48. The lowest BCUT2D eigenvalue weighted by Crippen LogP contribution is -2.20. The molecular formula is C5H11NO3. The van der Waals surface area contributed by atoms with E-state index in [1.807, 2.05) is 6.92 Å². The van der Waals surface area contributed by atoms with Crippen LogP contribution in [0.25, 0.3) is 0 Å². The summed E-state index contributed by atoms with van der Waals surface area (Å²) in [6, 6.07) is 0. The van der Waals surface area contributed by atoms with E-state index < -0.39 is 0 Å². The van der Waals surface area contributed by atoms with Crippen molar-refractivity contribution in [2.45, 2.75) is 19.4 Å². The topological polar surface area (TPSA) is 52.4 Å². The summed E-state index contributed by atoms with van der Waals surface area (Å²) >= 11 is 0. The van der Waals surface area contributed by atoms with Crippen molar-refractivity contribution < 1.29 is 9.66 Å². The second-order valence-electron chi connectivity index (χ2n) is 1.78. The highest BCUT2D eigenvalue weighted by molar-refractivity contribution is 4.49. The zero-order chi connectivity index (χ0) is 7.28. The Morgan fingerprint density at radius 2 is 2.33 bits per heavy atom. The van der Waals surface area contributed by atoms with Gasteiger partial charge in [0, 0.05) is 12.0 Å². The lowest BCUT2D eigenvalue weighted by molar-refractivity contribution is -0.491. The number of ether oxygens (including phenoxy) is 1. The van der Waals surface area contributed by atoms with E-state index in [2.05, 4.69) is 0 Å². The molecule has 9 heavy (non-hydrogen) atoms. The first-order chi connectivity index (χ1) is 4.20. The maximum atomic E-state index is 9.85. The summed E-state index contributed by atoms with van der Waals surface area (Å²) in [5.41, 5.74) is 0. The van der Waals surface area contributed by atoms with Crippen LogP contribution in [0.2, 0.25) is 0 Å². The van der Waals surface area contributed by atoms with Crippen LogP contribution >= 0.6 is 0 Å². The Bertz CT molecular complexity index is 90.2. The van der Waals surface area contributed by atoms with Gasteiger partial charge in [-0.25, -0.2) is 0 Å². The fourth-order valence-electron chi connectivity index (χ4n) is 0.537. The maximum absolute atomic E-state index is 9.85. The number of rotatable bonds is 4. The summed E-state index contributed by atoms with van der Waals surface area (Å²) in [5.74, 6) is 0. The smallest absolute Gasteiger partial charge is 0.229 e. The molecule has 0 aromatic rings. The highest BCUT2D eigenvalue weighted by atomic mass is 16.6. The normalized spacial score (nSPS) is 13.1. The van der Waals surface area contributed by atoms with E-state index in [9.17, 15) is 10.1 Å². The van der Waals surface area contributed by atoms with Crippen LogP contribution in [-0.4, -0.2) is 24.7 Å². The Morgan fingerprint density at radius 1 is 1.78 bits per heavy atom. The first-order valence-electron chi connectivity index (χ1n) is 2.85. The predicted molar refractivity (Wildman–Crippen MR) is 32.9 cm³/mol. The monoisotopic (exact) mass is 133 g/mol.